The van der Waals surface area contributed by atoms with Crippen LogP contribution in [-0.2, 0) is 4.79 Å². The molecule has 0 aliphatic heterocycles. The van der Waals surface area contributed by atoms with Gasteiger partial charge in [0.15, 0.2) is 0 Å². The van der Waals surface area contributed by atoms with Crippen molar-refractivity contribution in [3.8, 4) is 0 Å². The first-order valence-electron chi connectivity index (χ1n) is 5.52. The van der Waals surface area contributed by atoms with Crippen molar-refractivity contribution in [1.82, 2.24) is 15.2 Å². The van der Waals surface area contributed by atoms with Crippen molar-refractivity contribution in [2.45, 2.75) is 19.9 Å². The number of nitrogens with one attached hydrogen (secondary N) is 1. The van der Waals surface area contributed by atoms with Gasteiger partial charge in [-0.25, -0.2) is 0 Å². The van der Waals surface area contributed by atoms with Crippen LogP contribution in [0.4, 0.5) is 0 Å². The summed E-state index contributed by atoms with van der Waals surface area (Å²) in [6, 6.07) is 4.06. The van der Waals surface area contributed by atoms with Gasteiger partial charge in [0.1, 0.15) is 0 Å². The molecule has 1 heterocycles. The number of amides is 1. The zero-order valence-corrected chi connectivity index (χ0v) is 10.1. The van der Waals surface area contributed by atoms with Crippen LogP contribution in [0.1, 0.15) is 25.5 Å². The summed E-state index contributed by atoms with van der Waals surface area (Å²) < 4.78 is 0. The monoisotopic (exact) mass is 221 g/mol. The van der Waals surface area contributed by atoms with E-state index in [1.54, 1.807) is 24.3 Å². The van der Waals surface area contributed by atoms with Crippen molar-refractivity contribution in [3.05, 3.63) is 30.1 Å². The van der Waals surface area contributed by atoms with Crippen molar-refractivity contribution in [2.75, 3.05) is 20.1 Å². The number of hydrogen-bond acceptors (Lipinski definition) is 3. The van der Waals surface area contributed by atoms with Crippen molar-refractivity contribution < 1.29 is 4.79 Å². The van der Waals surface area contributed by atoms with E-state index in [0.717, 1.165) is 12.1 Å². The lowest BCUT2D eigenvalue weighted by molar-refractivity contribution is -0.128. The highest BCUT2D eigenvalue weighted by atomic mass is 16.2. The maximum atomic E-state index is 11.6. The van der Waals surface area contributed by atoms with Crippen LogP contribution in [-0.4, -0.2) is 35.9 Å². The molecule has 0 saturated carbocycles. The topological polar surface area (TPSA) is 45.2 Å². The molecule has 0 radical (unpaired) electrons. The molecule has 88 valence electrons. The van der Waals surface area contributed by atoms with Crippen molar-refractivity contribution in [3.63, 3.8) is 0 Å². The second kappa shape index (κ2) is 6.23. The van der Waals surface area contributed by atoms with Gasteiger partial charge in [0.2, 0.25) is 5.91 Å². The maximum absolute atomic E-state index is 11.6. The van der Waals surface area contributed by atoms with Gasteiger partial charge in [-0.3, -0.25) is 9.78 Å². The average Bonchev–Trinajstić information content (AvgIpc) is 2.35. The minimum atomic E-state index is 0.114. The van der Waals surface area contributed by atoms with Gasteiger partial charge in [0, 0.05) is 32.0 Å². The molecule has 1 atom stereocenters. The van der Waals surface area contributed by atoms with E-state index in [0.29, 0.717) is 6.54 Å². The summed E-state index contributed by atoms with van der Waals surface area (Å²) >= 11 is 0. The van der Waals surface area contributed by atoms with Crippen molar-refractivity contribution >= 4 is 5.91 Å². The highest BCUT2D eigenvalue weighted by Crippen LogP contribution is 2.09. The SMILES string of the molecule is CCN(C)C(=O)CN[C@@H](C)c1ccncc1. The average molecular weight is 221 g/mol. The van der Waals surface area contributed by atoms with Crippen molar-refractivity contribution in [2.24, 2.45) is 0 Å². The van der Waals surface area contributed by atoms with Gasteiger partial charge in [-0.1, -0.05) is 0 Å². The number of likely N-dealkylation sites (N-methyl/N-ethyl adjacent to an activating group) is 1. The molecule has 0 aromatic carbocycles. The molecule has 0 aliphatic carbocycles. The molecule has 0 spiro atoms. The Labute approximate surface area is 96.7 Å². The second-order valence-electron chi connectivity index (χ2n) is 3.79. The molecule has 16 heavy (non-hydrogen) atoms. The Kier molecular flexibility index (Phi) is 4.92. The molecular formula is C12H19N3O. The number of hydrogen-bond donors (Lipinski definition) is 1. The summed E-state index contributed by atoms with van der Waals surface area (Å²) in [4.78, 5) is 17.2. The quantitative estimate of drug-likeness (QED) is 0.813. The summed E-state index contributed by atoms with van der Waals surface area (Å²) in [7, 11) is 1.81. The van der Waals surface area contributed by atoms with E-state index in [-0.39, 0.29) is 11.9 Å². The Hall–Kier alpha value is -1.42. The molecule has 4 heteroatoms. The zero-order chi connectivity index (χ0) is 12.0. The minimum absolute atomic E-state index is 0.114. The summed E-state index contributed by atoms with van der Waals surface area (Å²) in [5.74, 6) is 0.114. The lowest BCUT2D eigenvalue weighted by atomic mass is 10.1. The van der Waals surface area contributed by atoms with E-state index < -0.39 is 0 Å². The largest absolute Gasteiger partial charge is 0.345 e. The first-order valence-corrected chi connectivity index (χ1v) is 5.52. The van der Waals surface area contributed by atoms with Crippen molar-refractivity contribution in [1.29, 1.82) is 0 Å². The van der Waals surface area contributed by atoms with E-state index in [4.69, 9.17) is 0 Å². The van der Waals surface area contributed by atoms with E-state index in [1.807, 2.05) is 26.0 Å². The third-order valence-electron chi connectivity index (χ3n) is 2.67. The van der Waals surface area contributed by atoms with Gasteiger partial charge >= 0.3 is 0 Å². The Morgan fingerprint density at radius 3 is 2.69 bits per heavy atom. The number of carbonyl (C=O) groups excluding carboxylic acids is 1. The molecular weight excluding hydrogens is 202 g/mol. The fourth-order valence-electron chi connectivity index (χ4n) is 1.32. The molecule has 0 bridgehead atoms. The maximum Gasteiger partial charge on any atom is 0.236 e. The molecule has 0 saturated heterocycles. The van der Waals surface area contributed by atoms with Crippen LogP contribution in [0, 0.1) is 0 Å². The number of pyridine rings is 1. The number of aromatic nitrogens is 1. The second-order valence-corrected chi connectivity index (χ2v) is 3.79. The van der Waals surface area contributed by atoms with Gasteiger partial charge in [-0.05, 0) is 31.5 Å². The van der Waals surface area contributed by atoms with Crippen LogP contribution in [0.15, 0.2) is 24.5 Å². The van der Waals surface area contributed by atoms with E-state index >= 15 is 0 Å². The summed E-state index contributed by atoms with van der Waals surface area (Å²) in [5.41, 5.74) is 1.14. The highest BCUT2D eigenvalue weighted by Gasteiger charge is 2.09. The predicted octanol–water partition coefficient (Wildman–Crippen LogP) is 1.21. The Balaban J connectivity index is 2.42. The zero-order valence-electron chi connectivity index (χ0n) is 10.1. The molecule has 1 aromatic rings. The van der Waals surface area contributed by atoms with Gasteiger partial charge in [0.05, 0.1) is 6.54 Å². The predicted molar refractivity (Wildman–Crippen MR) is 64.0 cm³/mol. The first kappa shape index (κ1) is 12.6. The molecule has 1 rings (SSSR count). The Morgan fingerprint density at radius 2 is 2.12 bits per heavy atom. The number of rotatable bonds is 5. The lowest BCUT2D eigenvalue weighted by Gasteiger charge is -2.18. The molecule has 0 fully saturated rings. The van der Waals surface area contributed by atoms with Gasteiger partial charge < -0.3 is 10.2 Å². The van der Waals surface area contributed by atoms with Gasteiger partial charge in [-0.2, -0.15) is 0 Å². The first-order chi connectivity index (χ1) is 7.65. The smallest absolute Gasteiger partial charge is 0.236 e. The fourth-order valence-corrected chi connectivity index (χ4v) is 1.32. The van der Waals surface area contributed by atoms with Gasteiger partial charge in [-0.15, -0.1) is 0 Å². The van der Waals surface area contributed by atoms with E-state index in [1.165, 1.54) is 0 Å². The fraction of sp³-hybridized carbons (Fsp3) is 0.500. The molecule has 1 amide bonds. The third-order valence-corrected chi connectivity index (χ3v) is 2.67. The molecule has 1 aromatic heterocycles. The molecule has 1 N–H and O–H groups in total. The minimum Gasteiger partial charge on any atom is -0.345 e. The lowest BCUT2D eigenvalue weighted by Crippen LogP contribution is -2.36. The Morgan fingerprint density at radius 1 is 1.50 bits per heavy atom. The van der Waals surface area contributed by atoms with E-state index in [2.05, 4.69) is 10.3 Å². The van der Waals surface area contributed by atoms with Crippen LogP contribution in [0.3, 0.4) is 0 Å². The van der Waals surface area contributed by atoms with Crippen LogP contribution < -0.4 is 5.32 Å². The molecule has 0 aliphatic rings. The third kappa shape index (κ3) is 3.62. The highest BCUT2D eigenvalue weighted by molar-refractivity contribution is 5.77. The molecule has 4 nitrogen and oxygen atoms in total. The normalized spacial score (nSPS) is 12.2. The summed E-state index contributed by atoms with van der Waals surface area (Å²) in [5, 5.41) is 3.19. The van der Waals surface area contributed by atoms with E-state index in [9.17, 15) is 4.79 Å². The Bertz CT molecular complexity index is 326. The van der Waals surface area contributed by atoms with Crippen LogP contribution in [0.2, 0.25) is 0 Å². The number of carbonyl (C=O) groups is 1. The summed E-state index contributed by atoms with van der Waals surface area (Å²) in [6.45, 7) is 5.11. The van der Waals surface area contributed by atoms with Crippen LogP contribution in [0.5, 0.6) is 0 Å². The number of nitrogens with zero attached hydrogens (tertiary/aromatic N) is 2. The summed E-state index contributed by atoms with van der Waals surface area (Å²) in [6.07, 6.45) is 3.51. The van der Waals surface area contributed by atoms with Crippen LogP contribution in [0.25, 0.3) is 0 Å². The molecule has 0 unspecified atom stereocenters. The van der Waals surface area contributed by atoms with Crippen LogP contribution >= 0.6 is 0 Å². The van der Waals surface area contributed by atoms with Gasteiger partial charge in [0.25, 0.3) is 0 Å². The standard InChI is InChI=1S/C12H19N3O/c1-4-15(3)12(16)9-14-10(2)11-5-7-13-8-6-11/h5-8,10,14H,4,9H2,1-3H3/t10-/m0/s1.